The first kappa shape index (κ1) is 15.8. The molecule has 0 aromatic heterocycles. The number of carbonyl (C=O) groups is 2. The molecule has 0 atom stereocenters. The van der Waals surface area contributed by atoms with E-state index >= 15 is 0 Å². The molecule has 1 amide bonds. The summed E-state index contributed by atoms with van der Waals surface area (Å²) >= 11 is 0. The Morgan fingerprint density at radius 2 is 1.90 bits per heavy atom. The monoisotopic (exact) mass is 276 g/mol. The normalized spacial score (nSPS) is 10.3. The predicted octanol–water partition coefficient (Wildman–Crippen LogP) is 2.20. The number of esters is 1. The topological polar surface area (TPSA) is 58.6 Å². The molecule has 20 heavy (non-hydrogen) atoms. The smallest absolute Gasteiger partial charge is 0.330 e. The van der Waals surface area contributed by atoms with Crippen LogP contribution in [0.1, 0.15) is 13.3 Å². The number of carbonyl (C=O) groups excluding carboxylic acids is 2. The molecule has 0 radical (unpaired) electrons. The van der Waals surface area contributed by atoms with Crippen LogP contribution in [0.3, 0.4) is 0 Å². The maximum atomic E-state index is 11.6. The van der Waals surface area contributed by atoms with Gasteiger partial charge in [-0.25, -0.2) is 4.79 Å². The molecule has 0 spiro atoms. The molecule has 0 aliphatic heterocycles. The van der Waals surface area contributed by atoms with Crippen molar-refractivity contribution < 1.29 is 14.3 Å². The number of amides is 1. The molecule has 0 saturated carbocycles. The molecule has 1 N–H and O–H groups in total. The minimum atomic E-state index is -0.509. The number of nitrogens with one attached hydrogen (secondary N) is 1. The molecule has 5 heteroatoms. The lowest BCUT2D eigenvalue weighted by Crippen LogP contribution is -2.20. The van der Waals surface area contributed by atoms with Gasteiger partial charge in [-0.3, -0.25) is 4.79 Å². The average Bonchev–Trinajstić information content (AvgIpc) is 2.43. The third kappa shape index (κ3) is 5.56. The minimum Gasteiger partial charge on any atom is -0.452 e. The molecule has 0 aliphatic carbocycles. The number of hydrogen-bond donors (Lipinski definition) is 1. The molecule has 1 rings (SSSR count). The van der Waals surface area contributed by atoms with Crippen molar-refractivity contribution in [3.8, 4) is 0 Å². The summed E-state index contributed by atoms with van der Waals surface area (Å²) in [6, 6.07) is 7.38. The van der Waals surface area contributed by atoms with E-state index in [2.05, 4.69) is 5.32 Å². The Hall–Kier alpha value is -2.30. The van der Waals surface area contributed by atoms with Crippen molar-refractivity contribution in [2.75, 3.05) is 30.9 Å². The van der Waals surface area contributed by atoms with Crippen molar-refractivity contribution in [3.63, 3.8) is 0 Å². The van der Waals surface area contributed by atoms with Crippen LogP contribution < -0.4 is 10.2 Å². The fraction of sp³-hybridized carbons (Fsp3) is 0.333. The first-order valence-corrected chi connectivity index (χ1v) is 6.43. The minimum absolute atomic E-state index is 0.289. The summed E-state index contributed by atoms with van der Waals surface area (Å²) in [5, 5.41) is 2.66. The lowest BCUT2D eigenvalue weighted by atomic mass is 10.2. The Kier molecular flexibility index (Phi) is 6.29. The third-order valence-electron chi connectivity index (χ3n) is 2.50. The Morgan fingerprint density at radius 3 is 2.45 bits per heavy atom. The van der Waals surface area contributed by atoms with E-state index in [1.807, 2.05) is 38.1 Å². The summed E-state index contributed by atoms with van der Waals surface area (Å²) < 4.78 is 4.79. The van der Waals surface area contributed by atoms with Crippen LogP contribution in [-0.2, 0) is 14.3 Å². The number of benzene rings is 1. The van der Waals surface area contributed by atoms with Gasteiger partial charge in [-0.15, -0.1) is 0 Å². The highest BCUT2D eigenvalue weighted by Crippen LogP contribution is 2.15. The molecule has 1 aromatic rings. The van der Waals surface area contributed by atoms with Gasteiger partial charge >= 0.3 is 5.97 Å². The summed E-state index contributed by atoms with van der Waals surface area (Å²) in [5.74, 6) is -0.870. The van der Waals surface area contributed by atoms with E-state index in [9.17, 15) is 9.59 Å². The highest BCUT2D eigenvalue weighted by Gasteiger charge is 2.05. The quantitative estimate of drug-likeness (QED) is 0.639. The lowest BCUT2D eigenvalue weighted by molar-refractivity contribution is -0.142. The summed E-state index contributed by atoms with van der Waals surface area (Å²) in [6.45, 7) is 1.62. The van der Waals surface area contributed by atoms with Gasteiger partial charge in [-0.2, -0.15) is 0 Å². The number of anilines is 2. The van der Waals surface area contributed by atoms with Gasteiger partial charge in [0.25, 0.3) is 5.91 Å². The van der Waals surface area contributed by atoms with Crippen LogP contribution in [0.2, 0.25) is 0 Å². The number of nitrogens with zero attached hydrogens (tertiary/aromatic N) is 1. The van der Waals surface area contributed by atoms with Crippen molar-refractivity contribution in [2.45, 2.75) is 13.3 Å². The average molecular weight is 276 g/mol. The third-order valence-corrected chi connectivity index (χ3v) is 2.50. The Labute approximate surface area is 119 Å². The fourth-order valence-corrected chi connectivity index (χ4v) is 1.44. The second-order valence-corrected chi connectivity index (χ2v) is 4.41. The van der Waals surface area contributed by atoms with Gasteiger partial charge in [0.05, 0.1) is 0 Å². The first-order valence-electron chi connectivity index (χ1n) is 6.43. The summed E-state index contributed by atoms with van der Waals surface area (Å²) in [5.41, 5.74) is 1.71. The molecule has 0 heterocycles. The second-order valence-electron chi connectivity index (χ2n) is 4.41. The van der Waals surface area contributed by atoms with E-state index in [1.54, 1.807) is 18.2 Å². The van der Waals surface area contributed by atoms with Crippen LogP contribution in [0.25, 0.3) is 0 Å². The second kappa shape index (κ2) is 7.99. The van der Waals surface area contributed by atoms with E-state index < -0.39 is 5.97 Å². The van der Waals surface area contributed by atoms with Crippen LogP contribution in [0.15, 0.2) is 36.4 Å². The van der Waals surface area contributed by atoms with Crippen LogP contribution >= 0.6 is 0 Å². The summed E-state index contributed by atoms with van der Waals surface area (Å²) in [4.78, 5) is 24.7. The van der Waals surface area contributed by atoms with Gasteiger partial charge < -0.3 is 15.0 Å². The standard InChI is InChI=1S/C15H20N2O3/c1-4-5-6-15(19)20-11-14(18)16-12-7-9-13(10-8-12)17(2)3/h5-10H,4,11H2,1-3H3,(H,16,18)/b6-5+. The van der Waals surface area contributed by atoms with Crippen LogP contribution in [0.5, 0.6) is 0 Å². The lowest BCUT2D eigenvalue weighted by Gasteiger charge is -2.13. The van der Waals surface area contributed by atoms with Crippen molar-refractivity contribution in [1.29, 1.82) is 0 Å². The number of ether oxygens (including phenoxy) is 1. The van der Waals surface area contributed by atoms with Gasteiger partial charge in [0, 0.05) is 31.5 Å². The van der Waals surface area contributed by atoms with Gasteiger partial charge in [-0.1, -0.05) is 13.0 Å². The molecule has 1 aromatic carbocycles. The molecule has 0 fully saturated rings. The highest BCUT2D eigenvalue weighted by molar-refractivity contribution is 5.93. The predicted molar refractivity (Wildman–Crippen MR) is 79.8 cm³/mol. The zero-order valence-corrected chi connectivity index (χ0v) is 12.1. The zero-order chi connectivity index (χ0) is 15.0. The molecule has 0 aliphatic rings. The van der Waals surface area contributed by atoms with E-state index in [4.69, 9.17) is 4.74 Å². The highest BCUT2D eigenvalue weighted by atomic mass is 16.5. The molecule has 108 valence electrons. The number of allylic oxidation sites excluding steroid dienone is 1. The van der Waals surface area contributed by atoms with Gasteiger partial charge in [-0.05, 0) is 30.7 Å². The first-order chi connectivity index (χ1) is 9.52. The maximum Gasteiger partial charge on any atom is 0.330 e. The zero-order valence-electron chi connectivity index (χ0n) is 12.1. The molecular weight excluding hydrogens is 256 g/mol. The van der Waals surface area contributed by atoms with E-state index in [0.717, 1.165) is 12.1 Å². The molecule has 0 unspecified atom stereocenters. The Morgan fingerprint density at radius 1 is 1.25 bits per heavy atom. The molecule has 5 nitrogen and oxygen atoms in total. The van der Waals surface area contributed by atoms with Crippen LogP contribution in [0.4, 0.5) is 11.4 Å². The number of hydrogen-bond acceptors (Lipinski definition) is 4. The van der Waals surface area contributed by atoms with E-state index in [0.29, 0.717) is 5.69 Å². The van der Waals surface area contributed by atoms with Crippen molar-refractivity contribution >= 4 is 23.3 Å². The van der Waals surface area contributed by atoms with E-state index in [-0.39, 0.29) is 12.5 Å². The SMILES string of the molecule is CC/C=C/C(=O)OCC(=O)Nc1ccc(N(C)C)cc1. The summed E-state index contributed by atoms with van der Waals surface area (Å²) in [6.07, 6.45) is 3.75. The Balaban J connectivity index is 2.42. The van der Waals surface area contributed by atoms with Gasteiger partial charge in [0.2, 0.25) is 0 Å². The fourth-order valence-electron chi connectivity index (χ4n) is 1.44. The maximum absolute atomic E-state index is 11.6. The molecule has 0 saturated heterocycles. The van der Waals surface area contributed by atoms with Crippen LogP contribution in [-0.4, -0.2) is 32.6 Å². The summed E-state index contributed by atoms with van der Waals surface area (Å²) in [7, 11) is 3.88. The van der Waals surface area contributed by atoms with Crippen LogP contribution in [0, 0.1) is 0 Å². The number of rotatable bonds is 6. The van der Waals surface area contributed by atoms with Crippen molar-refractivity contribution in [1.82, 2.24) is 0 Å². The largest absolute Gasteiger partial charge is 0.452 e. The van der Waals surface area contributed by atoms with E-state index in [1.165, 1.54) is 6.08 Å². The Bertz CT molecular complexity index is 478. The van der Waals surface area contributed by atoms with Gasteiger partial charge in [0.1, 0.15) is 0 Å². The van der Waals surface area contributed by atoms with Crippen molar-refractivity contribution in [3.05, 3.63) is 36.4 Å². The molecule has 0 bridgehead atoms. The van der Waals surface area contributed by atoms with Gasteiger partial charge in [0.15, 0.2) is 6.61 Å². The van der Waals surface area contributed by atoms with Crippen molar-refractivity contribution in [2.24, 2.45) is 0 Å². The molecular formula is C15H20N2O3.